The van der Waals surface area contributed by atoms with Gasteiger partial charge in [-0.25, -0.2) is 0 Å². The van der Waals surface area contributed by atoms with Crippen molar-refractivity contribution in [3.8, 4) is 5.75 Å². The van der Waals surface area contributed by atoms with Crippen molar-refractivity contribution < 1.29 is 9.84 Å². The number of rotatable bonds is 3. The van der Waals surface area contributed by atoms with Crippen molar-refractivity contribution in [2.75, 3.05) is 7.11 Å². The molecule has 2 nitrogen and oxygen atoms in total. The first kappa shape index (κ1) is 13.2. The summed E-state index contributed by atoms with van der Waals surface area (Å²) in [4.78, 5) is 0. The van der Waals surface area contributed by atoms with E-state index in [-0.39, 0.29) is 12.0 Å². The minimum absolute atomic E-state index is 0.265. The van der Waals surface area contributed by atoms with Gasteiger partial charge in [0.25, 0.3) is 0 Å². The van der Waals surface area contributed by atoms with Crippen molar-refractivity contribution in [3.05, 3.63) is 65.2 Å². The van der Waals surface area contributed by atoms with Crippen LogP contribution >= 0.6 is 0 Å². The van der Waals surface area contributed by atoms with E-state index in [2.05, 4.69) is 12.1 Å². The van der Waals surface area contributed by atoms with E-state index in [1.165, 1.54) is 11.1 Å². The molecule has 2 aromatic carbocycles. The first-order valence-electron chi connectivity index (χ1n) is 7.17. The lowest BCUT2D eigenvalue weighted by Crippen LogP contribution is -2.22. The van der Waals surface area contributed by atoms with Crippen LogP contribution in [0.1, 0.15) is 29.2 Å². The van der Waals surface area contributed by atoms with Crippen LogP contribution in [0, 0.1) is 5.92 Å². The summed E-state index contributed by atoms with van der Waals surface area (Å²) in [5, 5.41) is 10.6. The smallest absolute Gasteiger partial charge is 0.122 e. The molecule has 104 valence electrons. The van der Waals surface area contributed by atoms with Crippen LogP contribution in [-0.2, 0) is 12.8 Å². The predicted molar refractivity (Wildman–Crippen MR) is 79.9 cm³/mol. The van der Waals surface area contributed by atoms with E-state index >= 15 is 0 Å². The van der Waals surface area contributed by atoms with Crippen LogP contribution in [0.3, 0.4) is 0 Å². The Morgan fingerprint density at radius 3 is 2.70 bits per heavy atom. The van der Waals surface area contributed by atoms with E-state index < -0.39 is 0 Å². The van der Waals surface area contributed by atoms with E-state index in [1.54, 1.807) is 7.11 Å². The summed E-state index contributed by atoms with van der Waals surface area (Å²) in [5.74, 6) is 1.18. The molecule has 3 rings (SSSR count). The third-order valence-electron chi connectivity index (χ3n) is 4.28. The molecule has 2 unspecified atom stereocenters. The molecule has 0 amide bonds. The lowest BCUT2D eigenvalue weighted by atomic mass is 9.78. The summed E-state index contributed by atoms with van der Waals surface area (Å²) in [6.07, 6.45) is 2.56. The zero-order chi connectivity index (χ0) is 13.9. The quantitative estimate of drug-likeness (QED) is 0.922. The molecule has 0 aromatic heterocycles. The molecule has 0 saturated carbocycles. The zero-order valence-corrected chi connectivity index (χ0v) is 11.8. The molecule has 2 atom stereocenters. The number of aryl methyl sites for hydroxylation is 1. The molecule has 20 heavy (non-hydrogen) atoms. The van der Waals surface area contributed by atoms with Crippen molar-refractivity contribution in [3.63, 3.8) is 0 Å². The van der Waals surface area contributed by atoms with Crippen molar-refractivity contribution in [1.29, 1.82) is 0 Å². The molecule has 0 spiro atoms. The van der Waals surface area contributed by atoms with Crippen LogP contribution in [0.15, 0.2) is 48.5 Å². The molecule has 0 heterocycles. The van der Waals surface area contributed by atoms with Gasteiger partial charge in [0, 0.05) is 0 Å². The third-order valence-corrected chi connectivity index (χ3v) is 4.28. The van der Waals surface area contributed by atoms with E-state index in [9.17, 15) is 5.11 Å². The van der Waals surface area contributed by atoms with Crippen LogP contribution in [0.2, 0.25) is 0 Å². The van der Waals surface area contributed by atoms with Crippen molar-refractivity contribution in [1.82, 2.24) is 0 Å². The van der Waals surface area contributed by atoms with Crippen LogP contribution in [0.25, 0.3) is 0 Å². The van der Waals surface area contributed by atoms with Gasteiger partial charge in [-0.1, -0.05) is 42.5 Å². The van der Waals surface area contributed by atoms with Crippen LogP contribution in [-0.4, -0.2) is 12.2 Å². The van der Waals surface area contributed by atoms with Crippen LogP contribution < -0.4 is 4.74 Å². The highest BCUT2D eigenvalue weighted by Gasteiger charge is 2.28. The van der Waals surface area contributed by atoms with E-state index in [4.69, 9.17) is 4.74 Å². The monoisotopic (exact) mass is 268 g/mol. The molecule has 0 bridgehead atoms. The lowest BCUT2D eigenvalue weighted by molar-refractivity contribution is 0.0933. The average Bonchev–Trinajstić information content (AvgIpc) is 2.51. The number of aliphatic hydroxyl groups is 1. The number of hydrogen-bond acceptors (Lipinski definition) is 2. The van der Waals surface area contributed by atoms with E-state index in [0.29, 0.717) is 0 Å². The molecule has 2 aromatic rings. The Hall–Kier alpha value is -1.80. The fraction of sp³-hybridized carbons (Fsp3) is 0.333. The molecular weight excluding hydrogens is 248 g/mol. The standard InChI is InChI=1S/C18H20O2/c1-20-17-9-5-3-7-14(17)12-15-11-10-13-6-2-4-8-16(13)18(15)19/h2-9,15,18-19H,10-12H2,1H3. The number of ether oxygens (including phenoxy) is 1. The average molecular weight is 268 g/mol. The molecule has 1 aliphatic rings. The van der Waals surface area contributed by atoms with E-state index in [1.807, 2.05) is 36.4 Å². The second-order valence-corrected chi connectivity index (χ2v) is 5.46. The number of aliphatic hydroxyl groups excluding tert-OH is 1. The van der Waals surface area contributed by atoms with Gasteiger partial charge in [-0.3, -0.25) is 0 Å². The fourth-order valence-electron chi connectivity index (χ4n) is 3.17. The summed E-state index contributed by atoms with van der Waals surface area (Å²) in [5.41, 5.74) is 3.56. The van der Waals surface area contributed by atoms with Gasteiger partial charge in [0.1, 0.15) is 5.75 Å². The third kappa shape index (κ3) is 2.44. The molecule has 0 fully saturated rings. The number of benzene rings is 2. The Morgan fingerprint density at radius 1 is 1.10 bits per heavy atom. The Balaban J connectivity index is 1.83. The van der Waals surface area contributed by atoms with Gasteiger partial charge in [0.15, 0.2) is 0 Å². The Kier molecular flexibility index (Phi) is 3.75. The van der Waals surface area contributed by atoms with Gasteiger partial charge < -0.3 is 9.84 Å². The van der Waals surface area contributed by atoms with Crippen molar-refractivity contribution in [2.45, 2.75) is 25.4 Å². The first-order valence-corrected chi connectivity index (χ1v) is 7.17. The summed E-state index contributed by atoms with van der Waals surface area (Å²) in [6.45, 7) is 0. The van der Waals surface area contributed by atoms with Gasteiger partial charge in [0.05, 0.1) is 13.2 Å². The molecule has 1 N–H and O–H groups in total. The highest BCUT2D eigenvalue weighted by molar-refractivity contribution is 5.36. The highest BCUT2D eigenvalue weighted by atomic mass is 16.5. The maximum absolute atomic E-state index is 10.6. The largest absolute Gasteiger partial charge is 0.496 e. The molecule has 0 radical (unpaired) electrons. The molecule has 0 aliphatic heterocycles. The number of hydrogen-bond donors (Lipinski definition) is 1. The number of para-hydroxylation sites is 1. The first-order chi connectivity index (χ1) is 9.79. The topological polar surface area (TPSA) is 29.5 Å². The predicted octanol–water partition coefficient (Wildman–Crippen LogP) is 3.53. The van der Waals surface area contributed by atoms with Crippen LogP contribution in [0.5, 0.6) is 5.75 Å². The Morgan fingerprint density at radius 2 is 1.85 bits per heavy atom. The molecule has 2 heteroatoms. The van der Waals surface area contributed by atoms with Gasteiger partial charge in [0.2, 0.25) is 0 Å². The Labute approximate surface area is 120 Å². The normalized spacial score (nSPS) is 21.3. The lowest BCUT2D eigenvalue weighted by Gasteiger charge is -2.30. The summed E-state index contributed by atoms with van der Waals surface area (Å²) < 4.78 is 5.41. The van der Waals surface area contributed by atoms with Gasteiger partial charge in [-0.05, 0) is 47.9 Å². The number of methoxy groups -OCH3 is 1. The fourth-order valence-corrected chi connectivity index (χ4v) is 3.17. The summed E-state index contributed by atoms with van der Waals surface area (Å²) >= 11 is 0. The maximum Gasteiger partial charge on any atom is 0.122 e. The summed E-state index contributed by atoms with van der Waals surface area (Å²) in [6, 6.07) is 16.3. The van der Waals surface area contributed by atoms with Gasteiger partial charge >= 0.3 is 0 Å². The second kappa shape index (κ2) is 5.68. The van der Waals surface area contributed by atoms with Crippen LogP contribution in [0.4, 0.5) is 0 Å². The van der Waals surface area contributed by atoms with Gasteiger partial charge in [-0.2, -0.15) is 0 Å². The SMILES string of the molecule is COc1ccccc1CC1CCc2ccccc2C1O. The Bertz CT molecular complexity index is 591. The summed E-state index contributed by atoms with van der Waals surface area (Å²) in [7, 11) is 1.70. The maximum atomic E-state index is 10.6. The second-order valence-electron chi connectivity index (χ2n) is 5.46. The molecule has 1 aliphatic carbocycles. The van der Waals surface area contributed by atoms with Crippen molar-refractivity contribution in [2.24, 2.45) is 5.92 Å². The van der Waals surface area contributed by atoms with E-state index in [0.717, 1.165) is 30.6 Å². The zero-order valence-electron chi connectivity index (χ0n) is 11.8. The number of fused-ring (bicyclic) bond motifs is 1. The molecule has 0 saturated heterocycles. The minimum Gasteiger partial charge on any atom is -0.496 e. The van der Waals surface area contributed by atoms with Gasteiger partial charge in [-0.15, -0.1) is 0 Å². The highest BCUT2D eigenvalue weighted by Crippen LogP contribution is 2.37. The molecular formula is C18H20O2. The minimum atomic E-state index is -0.370. The van der Waals surface area contributed by atoms with Crippen molar-refractivity contribution >= 4 is 0 Å².